The first-order chi connectivity index (χ1) is 11.8. The van der Waals surface area contributed by atoms with Crippen molar-refractivity contribution in [2.75, 3.05) is 7.11 Å². The number of methoxy groups -OCH3 is 1. The molecule has 3 aromatic heterocycles. The summed E-state index contributed by atoms with van der Waals surface area (Å²) >= 11 is 0. The maximum Gasteiger partial charge on any atom is 0.274 e. The molecule has 1 N–H and O–H groups in total. The number of pyridine rings is 1. The topological polar surface area (TPSA) is 72.3 Å². The molecule has 0 aliphatic rings. The third-order valence-electron chi connectivity index (χ3n) is 3.84. The molecule has 118 valence electrons. The quantitative estimate of drug-likeness (QED) is 0.630. The number of aromatic nitrogens is 4. The first-order valence-electron chi connectivity index (χ1n) is 7.43. The predicted octanol–water partition coefficient (Wildman–Crippen LogP) is 2.76. The van der Waals surface area contributed by atoms with Gasteiger partial charge < -0.3 is 9.72 Å². The number of aromatic amines is 1. The first kappa shape index (κ1) is 14.2. The van der Waals surface area contributed by atoms with Crippen LogP contribution in [0.4, 0.5) is 0 Å². The van der Waals surface area contributed by atoms with E-state index in [4.69, 9.17) is 4.74 Å². The van der Waals surface area contributed by atoms with Crippen LogP contribution in [-0.2, 0) is 0 Å². The Bertz CT molecular complexity index is 1050. The van der Waals surface area contributed by atoms with Crippen LogP contribution in [-0.4, -0.2) is 26.7 Å². The molecule has 4 aromatic rings. The highest BCUT2D eigenvalue weighted by atomic mass is 16.5. The van der Waals surface area contributed by atoms with Gasteiger partial charge in [-0.3, -0.25) is 9.78 Å². The Kier molecular flexibility index (Phi) is 3.35. The van der Waals surface area contributed by atoms with Gasteiger partial charge in [-0.05, 0) is 42.0 Å². The summed E-state index contributed by atoms with van der Waals surface area (Å²) in [7, 11) is 1.62. The molecule has 0 amide bonds. The average molecular weight is 318 g/mol. The van der Waals surface area contributed by atoms with Gasteiger partial charge in [-0.15, -0.1) is 0 Å². The van der Waals surface area contributed by atoms with Gasteiger partial charge in [-0.25, -0.2) is 0 Å². The normalized spacial score (nSPS) is 10.9. The van der Waals surface area contributed by atoms with E-state index in [-0.39, 0.29) is 5.56 Å². The zero-order valence-electron chi connectivity index (χ0n) is 12.9. The fourth-order valence-electron chi connectivity index (χ4n) is 2.62. The van der Waals surface area contributed by atoms with Gasteiger partial charge in [0.2, 0.25) is 0 Å². The van der Waals surface area contributed by atoms with Gasteiger partial charge in [0.1, 0.15) is 11.4 Å². The number of benzene rings is 1. The second-order valence-corrected chi connectivity index (χ2v) is 5.28. The minimum atomic E-state index is -0.197. The molecule has 3 heterocycles. The maximum atomic E-state index is 12.4. The molecule has 4 rings (SSSR count). The van der Waals surface area contributed by atoms with E-state index in [0.717, 1.165) is 22.6 Å². The van der Waals surface area contributed by atoms with E-state index >= 15 is 0 Å². The van der Waals surface area contributed by atoms with E-state index in [0.29, 0.717) is 11.3 Å². The summed E-state index contributed by atoms with van der Waals surface area (Å²) in [5, 5.41) is 4.17. The number of rotatable bonds is 3. The number of fused-ring (bicyclic) bond motifs is 1. The fraction of sp³-hybridized carbons (Fsp3) is 0.0556. The van der Waals surface area contributed by atoms with Crippen molar-refractivity contribution in [2.45, 2.75) is 0 Å². The fourth-order valence-corrected chi connectivity index (χ4v) is 2.62. The Hall–Kier alpha value is -3.41. The largest absolute Gasteiger partial charge is 0.497 e. The summed E-state index contributed by atoms with van der Waals surface area (Å²) < 4.78 is 6.51. The number of hydrogen-bond donors (Lipinski definition) is 1. The average Bonchev–Trinajstić information content (AvgIpc) is 3.07. The first-order valence-corrected chi connectivity index (χ1v) is 7.43. The van der Waals surface area contributed by atoms with Crippen molar-refractivity contribution in [1.82, 2.24) is 19.6 Å². The molecule has 0 atom stereocenters. The second kappa shape index (κ2) is 5.66. The number of ether oxygens (including phenoxy) is 1. The van der Waals surface area contributed by atoms with Gasteiger partial charge in [0.25, 0.3) is 5.56 Å². The minimum absolute atomic E-state index is 0.197. The van der Waals surface area contributed by atoms with Crippen LogP contribution in [0.15, 0.2) is 65.7 Å². The van der Waals surface area contributed by atoms with E-state index in [1.165, 1.54) is 10.6 Å². The molecule has 0 fully saturated rings. The smallest absolute Gasteiger partial charge is 0.274 e. The van der Waals surface area contributed by atoms with Crippen molar-refractivity contribution in [3.05, 3.63) is 71.3 Å². The standard InChI is InChI=1S/C18H14N4O2/c1-24-13-7-5-12(6-8-13)16-10-17(23)22-18(21-16)14(11-20-22)15-4-2-3-9-19-15/h2-11,21H,1H3. The summed E-state index contributed by atoms with van der Waals surface area (Å²) in [4.78, 5) is 20.0. The molecule has 0 bridgehead atoms. The third kappa shape index (κ3) is 2.34. The molecule has 6 heteroatoms. The summed E-state index contributed by atoms with van der Waals surface area (Å²) in [6.45, 7) is 0. The molecule has 0 unspecified atom stereocenters. The van der Waals surface area contributed by atoms with E-state index in [1.807, 2.05) is 42.5 Å². The van der Waals surface area contributed by atoms with E-state index in [1.54, 1.807) is 19.5 Å². The lowest BCUT2D eigenvalue weighted by Gasteiger charge is -2.05. The molecular formula is C18H14N4O2. The van der Waals surface area contributed by atoms with Crippen molar-refractivity contribution < 1.29 is 4.74 Å². The van der Waals surface area contributed by atoms with Crippen molar-refractivity contribution >= 4 is 5.65 Å². The summed E-state index contributed by atoms with van der Waals surface area (Å²) in [5.41, 5.74) is 3.57. The number of hydrogen-bond acceptors (Lipinski definition) is 4. The highest BCUT2D eigenvalue weighted by molar-refractivity contribution is 5.76. The molecule has 0 aliphatic carbocycles. The molecule has 0 saturated heterocycles. The van der Waals surface area contributed by atoms with Crippen LogP contribution in [0.3, 0.4) is 0 Å². The third-order valence-corrected chi connectivity index (χ3v) is 3.84. The van der Waals surface area contributed by atoms with Gasteiger partial charge in [-0.2, -0.15) is 9.61 Å². The lowest BCUT2D eigenvalue weighted by molar-refractivity contribution is 0.415. The van der Waals surface area contributed by atoms with Gasteiger partial charge in [0.05, 0.1) is 30.3 Å². The molecule has 0 spiro atoms. The van der Waals surface area contributed by atoms with Crippen LogP contribution in [0.5, 0.6) is 5.75 Å². The van der Waals surface area contributed by atoms with E-state index in [2.05, 4.69) is 15.1 Å². The Morgan fingerprint density at radius 2 is 1.96 bits per heavy atom. The molecular weight excluding hydrogens is 304 g/mol. The summed E-state index contributed by atoms with van der Waals surface area (Å²) in [5.74, 6) is 0.765. The Morgan fingerprint density at radius 3 is 2.67 bits per heavy atom. The minimum Gasteiger partial charge on any atom is -0.497 e. The molecule has 1 aromatic carbocycles. The van der Waals surface area contributed by atoms with Gasteiger partial charge in [0.15, 0.2) is 0 Å². The molecule has 24 heavy (non-hydrogen) atoms. The Morgan fingerprint density at radius 1 is 1.12 bits per heavy atom. The summed E-state index contributed by atoms with van der Waals surface area (Å²) in [6.07, 6.45) is 3.36. The van der Waals surface area contributed by atoms with Gasteiger partial charge in [-0.1, -0.05) is 6.07 Å². The predicted molar refractivity (Wildman–Crippen MR) is 91.0 cm³/mol. The highest BCUT2D eigenvalue weighted by Crippen LogP contribution is 2.24. The number of nitrogens with one attached hydrogen (secondary N) is 1. The lowest BCUT2D eigenvalue weighted by Crippen LogP contribution is -2.14. The lowest BCUT2D eigenvalue weighted by atomic mass is 10.1. The van der Waals surface area contributed by atoms with E-state index in [9.17, 15) is 4.79 Å². The van der Waals surface area contributed by atoms with Crippen LogP contribution < -0.4 is 10.3 Å². The monoisotopic (exact) mass is 318 g/mol. The Balaban J connectivity index is 1.90. The van der Waals surface area contributed by atoms with E-state index < -0.39 is 0 Å². The van der Waals surface area contributed by atoms with Crippen LogP contribution in [0, 0.1) is 0 Å². The maximum absolute atomic E-state index is 12.4. The van der Waals surface area contributed by atoms with Crippen molar-refractivity contribution in [1.29, 1.82) is 0 Å². The van der Waals surface area contributed by atoms with Gasteiger partial charge in [0, 0.05) is 12.3 Å². The zero-order valence-corrected chi connectivity index (χ0v) is 12.9. The molecule has 0 aliphatic heterocycles. The number of nitrogens with zero attached hydrogens (tertiary/aromatic N) is 3. The summed E-state index contributed by atoms with van der Waals surface area (Å²) in [6, 6.07) is 14.7. The Labute approximate surface area is 137 Å². The van der Waals surface area contributed by atoms with Crippen molar-refractivity contribution in [3.8, 4) is 28.3 Å². The van der Waals surface area contributed by atoms with Gasteiger partial charge >= 0.3 is 0 Å². The van der Waals surface area contributed by atoms with Crippen molar-refractivity contribution in [3.63, 3.8) is 0 Å². The van der Waals surface area contributed by atoms with Crippen LogP contribution in [0.1, 0.15) is 0 Å². The SMILES string of the molecule is COc1ccc(-c2cc(=O)n3ncc(-c4ccccn4)c3[nH]2)cc1. The number of H-pyrrole nitrogens is 1. The highest BCUT2D eigenvalue weighted by Gasteiger charge is 2.12. The second-order valence-electron chi connectivity index (χ2n) is 5.28. The zero-order chi connectivity index (χ0) is 16.5. The molecule has 0 radical (unpaired) electrons. The van der Waals surface area contributed by atoms with Crippen LogP contribution in [0.2, 0.25) is 0 Å². The van der Waals surface area contributed by atoms with Crippen molar-refractivity contribution in [2.24, 2.45) is 0 Å². The molecule has 0 saturated carbocycles. The molecule has 6 nitrogen and oxygen atoms in total. The van der Waals surface area contributed by atoms with Crippen LogP contribution in [0.25, 0.3) is 28.2 Å². The van der Waals surface area contributed by atoms with Crippen LogP contribution >= 0.6 is 0 Å².